The van der Waals surface area contributed by atoms with Gasteiger partial charge in [-0.1, -0.05) is 0 Å². The molecule has 0 spiro atoms. The van der Waals surface area contributed by atoms with Gasteiger partial charge in [0.2, 0.25) is 11.5 Å². The Morgan fingerprint density at radius 2 is 1.10 bits per heavy atom. The largest absolute Gasteiger partial charge is 0.501 e. The van der Waals surface area contributed by atoms with Gasteiger partial charge in [-0.25, -0.2) is 0 Å². The third-order valence-electron chi connectivity index (χ3n) is 0.861. The molecule has 0 heterocycles. The lowest BCUT2D eigenvalue weighted by molar-refractivity contribution is 0.384. The van der Waals surface area contributed by atoms with Crippen LogP contribution >= 0.6 is 0 Å². The summed E-state index contributed by atoms with van der Waals surface area (Å²) >= 11 is 0. The second kappa shape index (κ2) is 2.98. The molecule has 0 saturated heterocycles. The fourth-order valence-corrected chi connectivity index (χ4v) is 0.368. The number of hydrogen-bond donors (Lipinski definition) is 3. The summed E-state index contributed by atoms with van der Waals surface area (Å²) in [6, 6.07) is 0. The van der Waals surface area contributed by atoms with Gasteiger partial charge in [-0.2, -0.15) is 0 Å². The van der Waals surface area contributed by atoms with Gasteiger partial charge in [0.05, 0.1) is 0 Å². The van der Waals surface area contributed by atoms with Gasteiger partial charge < -0.3 is 15.3 Å². The topological polar surface area (TPSA) is 94.8 Å². The van der Waals surface area contributed by atoms with Gasteiger partial charge in [-0.05, 0) is 0 Å². The molecule has 3 N–H and O–H groups in total. The minimum atomic E-state index is -1.01. The highest BCUT2D eigenvalue weighted by molar-refractivity contribution is 5.42. The summed E-state index contributed by atoms with van der Waals surface area (Å²) in [5.74, 6) is -1.65. The third kappa shape index (κ3) is 0.985. The standard InChI is InChI=1S/C4H2O4.CH4O/c5-1-2(6)4(8)3(1)7;1-2/h5-6H;2H,1H3. The maximum atomic E-state index is 9.95. The Hall–Kier alpha value is -1.36. The van der Waals surface area contributed by atoms with E-state index in [-0.39, 0.29) is 0 Å². The molecule has 1 rings (SSSR count). The first-order chi connectivity index (χ1) is 4.64. The molecule has 0 atom stereocenters. The molecular weight excluding hydrogens is 140 g/mol. The molecule has 0 fully saturated rings. The van der Waals surface area contributed by atoms with E-state index in [9.17, 15) is 9.59 Å². The van der Waals surface area contributed by atoms with Crippen LogP contribution in [0.4, 0.5) is 0 Å². The number of aliphatic hydroxyl groups is 1. The van der Waals surface area contributed by atoms with Crippen LogP contribution in [0.3, 0.4) is 0 Å². The molecule has 0 aliphatic carbocycles. The fraction of sp³-hybridized carbons (Fsp3) is 0.200. The molecular formula is C5H6O5. The Morgan fingerprint density at radius 3 is 1.20 bits per heavy atom. The average molecular weight is 146 g/mol. The minimum absolute atomic E-state index is 0.824. The molecule has 0 bridgehead atoms. The summed E-state index contributed by atoms with van der Waals surface area (Å²) in [6.45, 7) is 0. The summed E-state index contributed by atoms with van der Waals surface area (Å²) in [5, 5.41) is 23.4. The van der Waals surface area contributed by atoms with E-state index >= 15 is 0 Å². The van der Waals surface area contributed by atoms with Crippen molar-refractivity contribution in [2.24, 2.45) is 0 Å². The molecule has 1 aromatic rings. The Labute approximate surface area is 55.5 Å². The van der Waals surface area contributed by atoms with Crippen LogP contribution in [0.2, 0.25) is 0 Å². The summed E-state index contributed by atoms with van der Waals surface area (Å²) in [5.41, 5.74) is -2.02. The maximum Gasteiger partial charge on any atom is 0.275 e. The highest BCUT2D eigenvalue weighted by Crippen LogP contribution is 2.13. The molecule has 0 aliphatic heterocycles. The van der Waals surface area contributed by atoms with Crippen molar-refractivity contribution in [1.29, 1.82) is 0 Å². The monoisotopic (exact) mass is 146 g/mol. The first-order valence-corrected chi connectivity index (χ1v) is 2.30. The highest BCUT2D eigenvalue weighted by atomic mass is 16.3. The van der Waals surface area contributed by atoms with Crippen molar-refractivity contribution in [1.82, 2.24) is 0 Å². The summed E-state index contributed by atoms with van der Waals surface area (Å²) < 4.78 is 0. The lowest BCUT2D eigenvalue weighted by atomic mass is 10.2. The molecule has 0 radical (unpaired) electrons. The predicted molar refractivity (Wildman–Crippen MR) is 32.8 cm³/mol. The predicted octanol–water partition coefficient (Wildman–Crippen LogP) is -1.70. The molecule has 10 heavy (non-hydrogen) atoms. The van der Waals surface area contributed by atoms with Crippen molar-refractivity contribution >= 4 is 0 Å². The molecule has 0 unspecified atom stereocenters. The SMILES string of the molecule is CO.O=c1c(O)c(O)c1=O. The lowest BCUT2D eigenvalue weighted by Crippen LogP contribution is -2.28. The number of rotatable bonds is 0. The zero-order chi connectivity index (χ0) is 8.31. The zero-order valence-electron chi connectivity index (χ0n) is 5.16. The first kappa shape index (κ1) is 8.64. The summed E-state index contributed by atoms with van der Waals surface area (Å²) in [7, 11) is 1.00. The molecule has 0 aliphatic rings. The Balaban J connectivity index is 0.000000371. The number of hydrogen-bond acceptors (Lipinski definition) is 5. The molecule has 1 aromatic carbocycles. The third-order valence-corrected chi connectivity index (χ3v) is 0.861. The van der Waals surface area contributed by atoms with Gasteiger partial charge in [0, 0.05) is 7.11 Å². The Morgan fingerprint density at radius 1 is 0.900 bits per heavy atom. The van der Waals surface area contributed by atoms with Crippen molar-refractivity contribution in [3.8, 4) is 11.5 Å². The number of aromatic hydroxyl groups is 2. The summed E-state index contributed by atoms with van der Waals surface area (Å²) in [4.78, 5) is 19.9. The van der Waals surface area contributed by atoms with Gasteiger partial charge in [-0.15, -0.1) is 0 Å². The zero-order valence-corrected chi connectivity index (χ0v) is 5.16. The van der Waals surface area contributed by atoms with Crippen molar-refractivity contribution in [2.75, 3.05) is 7.11 Å². The molecule has 0 amide bonds. The van der Waals surface area contributed by atoms with Crippen LogP contribution in [0, 0.1) is 0 Å². The van der Waals surface area contributed by atoms with Gasteiger partial charge in [0.25, 0.3) is 10.9 Å². The van der Waals surface area contributed by atoms with Crippen molar-refractivity contribution in [3.63, 3.8) is 0 Å². The first-order valence-electron chi connectivity index (χ1n) is 2.30. The van der Waals surface area contributed by atoms with E-state index in [0.29, 0.717) is 0 Å². The van der Waals surface area contributed by atoms with E-state index in [1.807, 2.05) is 0 Å². The molecule has 0 saturated carbocycles. The van der Waals surface area contributed by atoms with Crippen molar-refractivity contribution in [2.45, 2.75) is 0 Å². The van der Waals surface area contributed by atoms with Gasteiger partial charge in [-0.3, -0.25) is 9.59 Å². The highest BCUT2D eigenvalue weighted by Gasteiger charge is 2.17. The molecule has 0 aromatic heterocycles. The number of aliphatic hydroxyl groups excluding tert-OH is 1. The average Bonchev–Trinajstić information content (AvgIpc) is 2.04. The minimum Gasteiger partial charge on any atom is -0.501 e. The van der Waals surface area contributed by atoms with E-state index in [1.54, 1.807) is 0 Å². The fourth-order valence-electron chi connectivity index (χ4n) is 0.368. The van der Waals surface area contributed by atoms with Crippen LogP contribution in [0.25, 0.3) is 0 Å². The lowest BCUT2D eigenvalue weighted by Gasteiger charge is -1.92. The van der Waals surface area contributed by atoms with E-state index in [1.165, 1.54) is 0 Å². The van der Waals surface area contributed by atoms with Gasteiger partial charge in [0.1, 0.15) is 0 Å². The molecule has 56 valence electrons. The van der Waals surface area contributed by atoms with Crippen LogP contribution in [-0.2, 0) is 0 Å². The second-order valence-corrected chi connectivity index (χ2v) is 1.36. The maximum absolute atomic E-state index is 9.95. The van der Waals surface area contributed by atoms with E-state index in [2.05, 4.69) is 0 Å². The summed E-state index contributed by atoms with van der Waals surface area (Å²) in [6.07, 6.45) is 0. The molecule has 5 nitrogen and oxygen atoms in total. The van der Waals surface area contributed by atoms with Gasteiger partial charge >= 0.3 is 0 Å². The second-order valence-electron chi connectivity index (χ2n) is 1.36. The van der Waals surface area contributed by atoms with Crippen molar-refractivity contribution in [3.05, 3.63) is 20.4 Å². The van der Waals surface area contributed by atoms with Crippen LogP contribution in [0.5, 0.6) is 11.5 Å². The Kier molecular flexibility index (Phi) is 2.57. The van der Waals surface area contributed by atoms with Crippen LogP contribution in [0.1, 0.15) is 0 Å². The Bertz CT molecular complexity index is 250. The van der Waals surface area contributed by atoms with E-state index < -0.39 is 22.4 Å². The smallest absolute Gasteiger partial charge is 0.275 e. The van der Waals surface area contributed by atoms with Crippen LogP contribution < -0.4 is 10.9 Å². The van der Waals surface area contributed by atoms with E-state index in [0.717, 1.165) is 7.11 Å². The van der Waals surface area contributed by atoms with Crippen LogP contribution in [0.15, 0.2) is 9.59 Å². The normalized spacial score (nSPS) is 8.60. The quantitative estimate of drug-likeness (QED) is 0.379. The molecule has 5 heteroatoms. The van der Waals surface area contributed by atoms with Crippen LogP contribution in [-0.4, -0.2) is 22.4 Å². The van der Waals surface area contributed by atoms with Gasteiger partial charge in [0.15, 0.2) is 0 Å². The van der Waals surface area contributed by atoms with E-state index in [4.69, 9.17) is 15.3 Å². The van der Waals surface area contributed by atoms with Crippen molar-refractivity contribution < 1.29 is 15.3 Å².